The van der Waals surface area contributed by atoms with Crippen LogP contribution in [0, 0.1) is 13.8 Å². The van der Waals surface area contributed by atoms with E-state index in [0.717, 1.165) is 17.3 Å². The largest absolute Gasteiger partial charge is 0.486 e. The van der Waals surface area contributed by atoms with Gasteiger partial charge >= 0.3 is 0 Å². The molecule has 0 fully saturated rings. The Morgan fingerprint density at radius 2 is 1.89 bits per heavy atom. The van der Waals surface area contributed by atoms with Crippen LogP contribution in [0.3, 0.4) is 0 Å². The van der Waals surface area contributed by atoms with E-state index in [0.29, 0.717) is 13.2 Å². The molecule has 18 heavy (non-hydrogen) atoms. The van der Waals surface area contributed by atoms with Crippen LogP contribution in [0.1, 0.15) is 22.6 Å². The molecule has 0 bridgehead atoms. The second-order valence-corrected chi connectivity index (χ2v) is 4.58. The van der Waals surface area contributed by atoms with Crippen molar-refractivity contribution in [3.63, 3.8) is 0 Å². The van der Waals surface area contributed by atoms with Gasteiger partial charge < -0.3 is 15.0 Å². The molecule has 2 N–H and O–H groups in total. The lowest BCUT2D eigenvalue weighted by Gasteiger charge is -2.08. The summed E-state index contributed by atoms with van der Waals surface area (Å²) in [6.45, 7) is 5.04. The zero-order valence-electron chi connectivity index (χ0n) is 11.1. The van der Waals surface area contributed by atoms with Crippen molar-refractivity contribution in [2.45, 2.75) is 27.0 Å². The SMILES string of the molecule is Cc1cc(C)cc(OCc2nc(CN)cn2C)c1. The Labute approximate surface area is 107 Å². The summed E-state index contributed by atoms with van der Waals surface area (Å²) in [5.74, 6) is 1.76. The minimum Gasteiger partial charge on any atom is -0.486 e. The summed E-state index contributed by atoms with van der Waals surface area (Å²) in [6.07, 6.45) is 1.93. The van der Waals surface area contributed by atoms with Crippen molar-refractivity contribution in [1.82, 2.24) is 9.55 Å². The molecule has 0 spiro atoms. The maximum atomic E-state index is 5.77. The molecule has 0 amide bonds. The molecule has 0 unspecified atom stereocenters. The second kappa shape index (κ2) is 5.23. The molecular formula is C14H19N3O. The minimum absolute atomic E-state index is 0.456. The van der Waals surface area contributed by atoms with Crippen molar-refractivity contribution in [2.24, 2.45) is 12.8 Å². The summed E-state index contributed by atoms with van der Waals surface area (Å²) in [7, 11) is 1.95. The van der Waals surface area contributed by atoms with Crippen LogP contribution in [0.15, 0.2) is 24.4 Å². The summed E-state index contributed by atoms with van der Waals surface area (Å²) in [5.41, 5.74) is 8.85. The van der Waals surface area contributed by atoms with E-state index < -0.39 is 0 Å². The predicted molar refractivity (Wildman–Crippen MR) is 71.3 cm³/mol. The van der Waals surface area contributed by atoms with Crippen LogP contribution in [0.25, 0.3) is 0 Å². The van der Waals surface area contributed by atoms with Gasteiger partial charge in [-0.25, -0.2) is 4.98 Å². The number of hydrogen-bond acceptors (Lipinski definition) is 3. The van der Waals surface area contributed by atoms with E-state index >= 15 is 0 Å². The molecule has 2 rings (SSSR count). The average molecular weight is 245 g/mol. The highest BCUT2D eigenvalue weighted by atomic mass is 16.5. The van der Waals surface area contributed by atoms with Crippen molar-refractivity contribution in [1.29, 1.82) is 0 Å². The maximum absolute atomic E-state index is 5.77. The fourth-order valence-electron chi connectivity index (χ4n) is 1.97. The molecule has 0 aliphatic rings. The van der Waals surface area contributed by atoms with Crippen LogP contribution >= 0.6 is 0 Å². The average Bonchev–Trinajstić information content (AvgIpc) is 2.66. The molecular weight excluding hydrogens is 226 g/mol. The van der Waals surface area contributed by atoms with Crippen molar-refractivity contribution >= 4 is 0 Å². The van der Waals surface area contributed by atoms with Crippen LogP contribution in [0.4, 0.5) is 0 Å². The second-order valence-electron chi connectivity index (χ2n) is 4.58. The first kappa shape index (κ1) is 12.6. The molecule has 1 aromatic heterocycles. The Morgan fingerprint density at radius 1 is 1.22 bits per heavy atom. The monoisotopic (exact) mass is 245 g/mol. The van der Waals surface area contributed by atoms with Crippen LogP contribution < -0.4 is 10.5 Å². The van der Waals surface area contributed by atoms with E-state index in [1.165, 1.54) is 11.1 Å². The standard InChI is InChI=1S/C14H19N3O/c1-10-4-11(2)6-13(5-10)18-9-14-16-12(7-15)8-17(14)3/h4-6,8H,7,9,15H2,1-3H3. The summed E-state index contributed by atoms with van der Waals surface area (Å²) < 4.78 is 7.72. The molecule has 2 aromatic rings. The van der Waals surface area contributed by atoms with Crippen LogP contribution in [0.2, 0.25) is 0 Å². The number of hydrogen-bond donors (Lipinski definition) is 1. The molecule has 0 saturated carbocycles. The van der Waals surface area contributed by atoms with Gasteiger partial charge in [0.1, 0.15) is 18.2 Å². The Kier molecular flexibility index (Phi) is 3.67. The number of nitrogens with two attached hydrogens (primary N) is 1. The molecule has 0 aliphatic heterocycles. The Balaban J connectivity index is 2.08. The highest BCUT2D eigenvalue weighted by molar-refractivity contribution is 5.33. The Bertz CT molecular complexity index is 526. The first-order valence-corrected chi connectivity index (χ1v) is 6.01. The maximum Gasteiger partial charge on any atom is 0.146 e. The van der Waals surface area contributed by atoms with Gasteiger partial charge in [-0.1, -0.05) is 6.07 Å². The number of aromatic nitrogens is 2. The first-order chi connectivity index (χ1) is 8.58. The van der Waals surface area contributed by atoms with E-state index in [1.54, 1.807) is 0 Å². The summed E-state index contributed by atoms with van der Waals surface area (Å²) in [6, 6.07) is 6.18. The van der Waals surface area contributed by atoms with E-state index in [-0.39, 0.29) is 0 Å². The summed E-state index contributed by atoms with van der Waals surface area (Å²) in [5, 5.41) is 0. The van der Waals surface area contributed by atoms with Crippen molar-refractivity contribution in [3.05, 3.63) is 47.0 Å². The third-order valence-corrected chi connectivity index (χ3v) is 2.79. The van der Waals surface area contributed by atoms with Crippen LogP contribution in [0.5, 0.6) is 5.75 Å². The lowest BCUT2D eigenvalue weighted by Crippen LogP contribution is -2.03. The van der Waals surface area contributed by atoms with E-state index in [2.05, 4.69) is 24.9 Å². The van der Waals surface area contributed by atoms with Gasteiger partial charge in [0.05, 0.1) is 5.69 Å². The molecule has 0 saturated heterocycles. The van der Waals surface area contributed by atoms with Gasteiger partial charge in [0.15, 0.2) is 0 Å². The van der Waals surface area contributed by atoms with Gasteiger partial charge in [0, 0.05) is 19.8 Å². The number of ether oxygens (including phenoxy) is 1. The van der Waals surface area contributed by atoms with Crippen molar-refractivity contribution in [3.8, 4) is 5.75 Å². The van der Waals surface area contributed by atoms with E-state index in [9.17, 15) is 0 Å². The summed E-state index contributed by atoms with van der Waals surface area (Å²) in [4.78, 5) is 4.40. The highest BCUT2D eigenvalue weighted by Crippen LogP contribution is 2.17. The number of nitrogens with zero attached hydrogens (tertiary/aromatic N) is 2. The summed E-state index contributed by atoms with van der Waals surface area (Å²) >= 11 is 0. The normalized spacial score (nSPS) is 10.7. The predicted octanol–water partition coefficient (Wildman–Crippen LogP) is 2.07. The Morgan fingerprint density at radius 3 is 2.44 bits per heavy atom. The molecule has 96 valence electrons. The van der Waals surface area contributed by atoms with Crippen molar-refractivity contribution in [2.75, 3.05) is 0 Å². The molecule has 4 nitrogen and oxygen atoms in total. The topological polar surface area (TPSA) is 53.1 Å². The zero-order valence-corrected chi connectivity index (χ0v) is 11.1. The van der Waals surface area contributed by atoms with Gasteiger partial charge in [-0.15, -0.1) is 0 Å². The fraction of sp³-hybridized carbons (Fsp3) is 0.357. The van der Waals surface area contributed by atoms with Gasteiger partial charge in [-0.2, -0.15) is 0 Å². The molecule has 0 aliphatic carbocycles. The molecule has 0 radical (unpaired) electrons. The highest BCUT2D eigenvalue weighted by Gasteiger charge is 2.05. The van der Waals surface area contributed by atoms with Gasteiger partial charge in [-0.3, -0.25) is 0 Å². The van der Waals surface area contributed by atoms with Gasteiger partial charge in [0.2, 0.25) is 0 Å². The third-order valence-electron chi connectivity index (χ3n) is 2.79. The minimum atomic E-state index is 0.456. The molecule has 1 aromatic carbocycles. The smallest absolute Gasteiger partial charge is 0.146 e. The first-order valence-electron chi connectivity index (χ1n) is 6.01. The van der Waals surface area contributed by atoms with Crippen molar-refractivity contribution < 1.29 is 4.74 Å². The third kappa shape index (κ3) is 2.90. The number of aryl methyl sites for hydroxylation is 3. The van der Waals surface area contributed by atoms with E-state index in [4.69, 9.17) is 10.5 Å². The zero-order chi connectivity index (χ0) is 13.1. The van der Waals surface area contributed by atoms with Gasteiger partial charge in [-0.05, 0) is 37.1 Å². The number of benzene rings is 1. The van der Waals surface area contributed by atoms with Crippen LogP contribution in [-0.4, -0.2) is 9.55 Å². The lowest BCUT2D eigenvalue weighted by molar-refractivity contribution is 0.291. The molecule has 4 heteroatoms. The van der Waals surface area contributed by atoms with Gasteiger partial charge in [0.25, 0.3) is 0 Å². The lowest BCUT2D eigenvalue weighted by atomic mass is 10.1. The quantitative estimate of drug-likeness (QED) is 0.897. The van der Waals surface area contributed by atoms with Crippen LogP contribution in [-0.2, 0) is 20.2 Å². The molecule has 0 atom stereocenters. The number of imidazole rings is 1. The molecule has 1 heterocycles. The Hall–Kier alpha value is -1.81. The van der Waals surface area contributed by atoms with E-state index in [1.807, 2.05) is 29.9 Å². The fourth-order valence-corrected chi connectivity index (χ4v) is 1.97. The number of rotatable bonds is 4.